The Morgan fingerprint density at radius 1 is 1.13 bits per heavy atom. The lowest BCUT2D eigenvalue weighted by Crippen LogP contribution is -2.05. The Kier molecular flexibility index (Phi) is 4.39. The van der Waals surface area contributed by atoms with E-state index >= 15 is 0 Å². The van der Waals surface area contributed by atoms with Gasteiger partial charge in [0.05, 0.1) is 26.4 Å². The SMILES string of the molecule is COCc1c(OC)ccc(CN)c1OC. The summed E-state index contributed by atoms with van der Waals surface area (Å²) in [7, 11) is 4.87. The first-order chi connectivity index (χ1) is 7.28. The Morgan fingerprint density at radius 2 is 1.87 bits per heavy atom. The maximum absolute atomic E-state index is 5.62. The maximum Gasteiger partial charge on any atom is 0.132 e. The second kappa shape index (κ2) is 5.58. The molecule has 0 aliphatic rings. The standard InChI is InChI=1S/C11H17NO3/c1-13-7-9-10(14-2)5-4-8(6-12)11(9)15-3/h4-5H,6-7,12H2,1-3H3. The first kappa shape index (κ1) is 11.8. The van der Waals surface area contributed by atoms with Crippen LogP contribution in [0.4, 0.5) is 0 Å². The predicted molar refractivity (Wildman–Crippen MR) is 58.2 cm³/mol. The summed E-state index contributed by atoms with van der Waals surface area (Å²) in [6.45, 7) is 0.879. The lowest BCUT2D eigenvalue weighted by atomic mass is 10.1. The van der Waals surface area contributed by atoms with E-state index in [0.717, 1.165) is 22.6 Å². The third-order valence-electron chi connectivity index (χ3n) is 2.23. The van der Waals surface area contributed by atoms with Gasteiger partial charge in [-0.3, -0.25) is 0 Å². The summed E-state index contributed by atoms with van der Waals surface area (Å²) in [5.41, 5.74) is 7.46. The first-order valence-electron chi connectivity index (χ1n) is 4.70. The molecule has 84 valence electrons. The van der Waals surface area contributed by atoms with Gasteiger partial charge in [0.2, 0.25) is 0 Å². The zero-order valence-electron chi connectivity index (χ0n) is 9.37. The molecular weight excluding hydrogens is 194 g/mol. The van der Waals surface area contributed by atoms with Crippen LogP contribution >= 0.6 is 0 Å². The van der Waals surface area contributed by atoms with Crippen molar-refractivity contribution in [3.05, 3.63) is 23.3 Å². The highest BCUT2D eigenvalue weighted by molar-refractivity contribution is 5.49. The van der Waals surface area contributed by atoms with Crippen molar-refractivity contribution < 1.29 is 14.2 Å². The molecule has 0 radical (unpaired) electrons. The largest absolute Gasteiger partial charge is 0.496 e. The van der Waals surface area contributed by atoms with Crippen LogP contribution in [0.15, 0.2) is 12.1 Å². The van der Waals surface area contributed by atoms with E-state index in [4.69, 9.17) is 19.9 Å². The molecule has 0 saturated carbocycles. The van der Waals surface area contributed by atoms with Gasteiger partial charge in [-0.2, -0.15) is 0 Å². The molecule has 0 aromatic heterocycles. The Bertz CT molecular complexity index is 326. The van der Waals surface area contributed by atoms with Crippen LogP contribution in [0.25, 0.3) is 0 Å². The summed E-state index contributed by atoms with van der Waals surface area (Å²) in [5.74, 6) is 1.50. The Morgan fingerprint density at radius 3 is 2.33 bits per heavy atom. The normalized spacial score (nSPS) is 10.1. The number of nitrogens with two attached hydrogens (primary N) is 1. The molecule has 0 bridgehead atoms. The molecule has 0 spiro atoms. The molecule has 15 heavy (non-hydrogen) atoms. The fourth-order valence-electron chi connectivity index (χ4n) is 1.55. The maximum atomic E-state index is 5.62. The Hall–Kier alpha value is -1.26. The van der Waals surface area contributed by atoms with Crippen LogP contribution < -0.4 is 15.2 Å². The van der Waals surface area contributed by atoms with E-state index in [0.29, 0.717) is 13.2 Å². The summed E-state index contributed by atoms with van der Waals surface area (Å²) in [4.78, 5) is 0. The van der Waals surface area contributed by atoms with Gasteiger partial charge in [-0.25, -0.2) is 0 Å². The number of ether oxygens (including phenoxy) is 3. The van der Waals surface area contributed by atoms with Crippen molar-refractivity contribution >= 4 is 0 Å². The molecule has 2 N–H and O–H groups in total. The van der Waals surface area contributed by atoms with E-state index in [1.54, 1.807) is 21.3 Å². The van der Waals surface area contributed by atoms with Crippen LogP contribution in [0.5, 0.6) is 11.5 Å². The topological polar surface area (TPSA) is 53.7 Å². The van der Waals surface area contributed by atoms with Crippen LogP contribution in [0, 0.1) is 0 Å². The fourth-order valence-corrected chi connectivity index (χ4v) is 1.55. The zero-order chi connectivity index (χ0) is 11.3. The number of benzene rings is 1. The molecule has 0 atom stereocenters. The lowest BCUT2D eigenvalue weighted by molar-refractivity contribution is 0.178. The number of rotatable bonds is 5. The number of hydrogen-bond donors (Lipinski definition) is 1. The summed E-state index contributed by atoms with van der Waals surface area (Å²) in [6.07, 6.45) is 0. The molecular formula is C11H17NO3. The van der Waals surface area contributed by atoms with Gasteiger partial charge in [-0.05, 0) is 6.07 Å². The van der Waals surface area contributed by atoms with Gasteiger partial charge in [0.25, 0.3) is 0 Å². The van der Waals surface area contributed by atoms with Crippen molar-refractivity contribution in [2.45, 2.75) is 13.2 Å². The molecule has 0 fully saturated rings. The minimum absolute atomic E-state index is 0.434. The van der Waals surface area contributed by atoms with Crippen molar-refractivity contribution in [2.75, 3.05) is 21.3 Å². The van der Waals surface area contributed by atoms with Crippen LogP contribution in [0.1, 0.15) is 11.1 Å². The van der Waals surface area contributed by atoms with Crippen molar-refractivity contribution in [2.24, 2.45) is 5.73 Å². The van der Waals surface area contributed by atoms with Crippen LogP contribution in [-0.2, 0) is 17.9 Å². The van der Waals surface area contributed by atoms with E-state index < -0.39 is 0 Å². The summed E-state index contributed by atoms with van der Waals surface area (Å²) >= 11 is 0. The van der Waals surface area contributed by atoms with E-state index in [1.807, 2.05) is 12.1 Å². The highest BCUT2D eigenvalue weighted by Gasteiger charge is 2.13. The van der Waals surface area contributed by atoms with Gasteiger partial charge in [-0.15, -0.1) is 0 Å². The average Bonchev–Trinajstić information content (AvgIpc) is 2.28. The fraction of sp³-hybridized carbons (Fsp3) is 0.455. The van der Waals surface area contributed by atoms with E-state index in [2.05, 4.69) is 0 Å². The molecule has 4 nitrogen and oxygen atoms in total. The summed E-state index contributed by atoms with van der Waals surface area (Å²) < 4.78 is 15.7. The van der Waals surface area contributed by atoms with E-state index in [9.17, 15) is 0 Å². The summed E-state index contributed by atoms with van der Waals surface area (Å²) in [6, 6.07) is 3.77. The number of hydrogen-bond acceptors (Lipinski definition) is 4. The highest BCUT2D eigenvalue weighted by Crippen LogP contribution is 2.32. The molecule has 0 saturated heterocycles. The average molecular weight is 211 g/mol. The van der Waals surface area contributed by atoms with Crippen molar-refractivity contribution in [3.8, 4) is 11.5 Å². The quantitative estimate of drug-likeness (QED) is 0.797. The predicted octanol–water partition coefficient (Wildman–Crippen LogP) is 1.31. The van der Waals surface area contributed by atoms with Gasteiger partial charge >= 0.3 is 0 Å². The molecule has 0 amide bonds. The second-order valence-corrected chi connectivity index (χ2v) is 3.08. The highest BCUT2D eigenvalue weighted by atomic mass is 16.5. The van der Waals surface area contributed by atoms with Crippen LogP contribution in [0.2, 0.25) is 0 Å². The van der Waals surface area contributed by atoms with E-state index in [1.165, 1.54) is 0 Å². The molecule has 0 unspecified atom stereocenters. The van der Waals surface area contributed by atoms with Gasteiger partial charge in [0.1, 0.15) is 11.5 Å². The van der Waals surface area contributed by atoms with E-state index in [-0.39, 0.29) is 0 Å². The summed E-state index contributed by atoms with van der Waals surface area (Å²) in [5, 5.41) is 0. The molecule has 1 aromatic rings. The lowest BCUT2D eigenvalue weighted by Gasteiger charge is -2.15. The van der Waals surface area contributed by atoms with Crippen LogP contribution in [-0.4, -0.2) is 21.3 Å². The van der Waals surface area contributed by atoms with Gasteiger partial charge < -0.3 is 19.9 Å². The van der Waals surface area contributed by atoms with Crippen LogP contribution in [0.3, 0.4) is 0 Å². The van der Waals surface area contributed by atoms with Gasteiger partial charge in [0.15, 0.2) is 0 Å². The third kappa shape index (κ3) is 2.40. The molecule has 1 rings (SSSR count). The van der Waals surface area contributed by atoms with Crippen molar-refractivity contribution in [3.63, 3.8) is 0 Å². The van der Waals surface area contributed by atoms with Crippen molar-refractivity contribution in [1.29, 1.82) is 0 Å². The smallest absolute Gasteiger partial charge is 0.132 e. The molecule has 0 aliphatic heterocycles. The minimum atomic E-state index is 0.434. The molecule has 4 heteroatoms. The third-order valence-corrected chi connectivity index (χ3v) is 2.23. The van der Waals surface area contributed by atoms with Gasteiger partial charge in [-0.1, -0.05) is 6.07 Å². The Labute approximate surface area is 89.9 Å². The van der Waals surface area contributed by atoms with Gasteiger partial charge in [0, 0.05) is 19.2 Å². The molecule has 0 aliphatic carbocycles. The minimum Gasteiger partial charge on any atom is -0.496 e. The Balaban J connectivity index is 3.24. The first-order valence-corrected chi connectivity index (χ1v) is 4.70. The molecule has 1 aromatic carbocycles. The monoisotopic (exact) mass is 211 g/mol. The molecule has 0 heterocycles. The number of methoxy groups -OCH3 is 3. The van der Waals surface area contributed by atoms with Crippen molar-refractivity contribution in [1.82, 2.24) is 0 Å². The second-order valence-electron chi connectivity index (χ2n) is 3.08. The zero-order valence-corrected chi connectivity index (χ0v) is 9.37.